The topological polar surface area (TPSA) is 207 Å². The Hall–Kier alpha value is -4.42. The fraction of sp³-hybridized carbons (Fsp3) is 0.400. The molecule has 0 spiro atoms. The van der Waals surface area contributed by atoms with E-state index in [4.69, 9.17) is 5.73 Å². The number of aromatic amines is 1. The lowest BCUT2D eigenvalue weighted by molar-refractivity contribution is -0.142. The molecule has 0 saturated carbocycles. The molecule has 9 N–H and O–H groups in total. The number of aliphatic hydroxyl groups is 1. The molecule has 42 heavy (non-hydrogen) atoms. The number of para-hydroxylation sites is 1. The summed E-state index contributed by atoms with van der Waals surface area (Å²) in [5.74, 6) is -3.40. The lowest BCUT2D eigenvalue weighted by Crippen LogP contribution is -2.59. The van der Waals surface area contributed by atoms with Gasteiger partial charge in [-0.15, -0.1) is 0 Å². The van der Waals surface area contributed by atoms with Gasteiger partial charge in [0.15, 0.2) is 0 Å². The number of aliphatic hydroxyl groups excluding tert-OH is 1. The zero-order valence-corrected chi connectivity index (χ0v) is 23.8. The van der Waals surface area contributed by atoms with Crippen molar-refractivity contribution in [3.8, 4) is 5.75 Å². The van der Waals surface area contributed by atoms with Crippen LogP contribution in [0.2, 0.25) is 0 Å². The van der Waals surface area contributed by atoms with E-state index >= 15 is 0 Å². The average Bonchev–Trinajstić information content (AvgIpc) is 3.34. The third kappa shape index (κ3) is 8.79. The molecule has 1 aromatic heterocycles. The van der Waals surface area contributed by atoms with E-state index < -0.39 is 54.0 Å². The number of fused-ring (bicyclic) bond motifs is 1. The van der Waals surface area contributed by atoms with Gasteiger partial charge in [0, 0.05) is 29.9 Å². The Morgan fingerprint density at radius 2 is 1.40 bits per heavy atom. The number of carbonyl (C=O) groups excluding carboxylic acids is 3. The van der Waals surface area contributed by atoms with Crippen LogP contribution in [0.15, 0.2) is 54.7 Å². The number of carbonyl (C=O) groups is 4. The Labute approximate surface area is 243 Å². The molecular formula is C30H39N5O7. The highest BCUT2D eigenvalue weighted by molar-refractivity contribution is 5.95. The second kappa shape index (κ2) is 14.5. The van der Waals surface area contributed by atoms with Gasteiger partial charge in [0.25, 0.3) is 0 Å². The summed E-state index contributed by atoms with van der Waals surface area (Å²) in [6.07, 6.45) is 0.732. The van der Waals surface area contributed by atoms with Gasteiger partial charge in [-0.2, -0.15) is 0 Å². The SMILES string of the molecule is CC(C)CC(NC(=O)C(Cc1ccc(O)cc1)NC(=O)C(Cc1c[nH]c2ccccc12)NC(=O)C(N)C(C)O)C(=O)O. The number of carboxylic acids is 1. The number of rotatable bonds is 14. The van der Waals surface area contributed by atoms with Crippen LogP contribution in [0.3, 0.4) is 0 Å². The summed E-state index contributed by atoms with van der Waals surface area (Å²) < 4.78 is 0. The van der Waals surface area contributed by atoms with Crippen molar-refractivity contribution in [3.05, 3.63) is 65.9 Å². The van der Waals surface area contributed by atoms with Crippen LogP contribution >= 0.6 is 0 Å². The lowest BCUT2D eigenvalue weighted by atomic mass is 10.00. The molecule has 3 aromatic rings. The first kappa shape index (κ1) is 32.1. The quantitative estimate of drug-likeness (QED) is 0.137. The van der Waals surface area contributed by atoms with Crippen molar-refractivity contribution in [1.29, 1.82) is 0 Å². The first-order chi connectivity index (χ1) is 19.8. The third-order valence-corrected chi connectivity index (χ3v) is 6.89. The maximum absolute atomic E-state index is 13.7. The van der Waals surface area contributed by atoms with Crippen LogP contribution in [0.5, 0.6) is 5.75 Å². The van der Waals surface area contributed by atoms with Gasteiger partial charge in [0.1, 0.15) is 29.9 Å². The number of amides is 3. The summed E-state index contributed by atoms with van der Waals surface area (Å²) in [5.41, 5.74) is 7.96. The van der Waals surface area contributed by atoms with Crippen LogP contribution in [-0.4, -0.2) is 74.3 Å². The van der Waals surface area contributed by atoms with E-state index in [1.54, 1.807) is 18.3 Å². The maximum atomic E-state index is 13.7. The van der Waals surface area contributed by atoms with Crippen molar-refractivity contribution in [2.24, 2.45) is 11.7 Å². The molecule has 3 rings (SSSR count). The highest BCUT2D eigenvalue weighted by Gasteiger charge is 2.32. The van der Waals surface area contributed by atoms with E-state index in [0.717, 1.165) is 16.5 Å². The fourth-order valence-corrected chi connectivity index (χ4v) is 4.53. The minimum Gasteiger partial charge on any atom is -0.508 e. The Bertz CT molecular complexity index is 1390. The zero-order valence-electron chi connectivity index (χ0n) is 23.8. The predicted molar refractivity (Wildman–Crippen MR) is 156 cm³/mol. The van der Waals surface area contributed by atoms with Crippen LogP contribution < -0.4 is 21.7 Å². The first-order valence-electron chi connectivity index (χ1n) is 13.8. The molecule has 0 fully saturated rings. The molecule has 0 aliphatic heterocycles. The van der Waals surface area contributed by atoms with Crippen LogP contribution in [0.1, 0.15) is 38.3 Å². The van der Waals surface area contributed by atoms with Crippen LogP contribution in [-0.2, 0) is 32.0 Å². The normalized spacial score (nSPS) is 14.9. The van der Waals surface area contributed by atoms with Gasteiger partial charge in [-0.25, -0.2) is 4.79 Å². The number of hydrogen-bond donors (Lipinski definition) is 8. The molecule has 5 unspecified atom stereocenters. The summed E-state index contributed by atoms with van der Waals surface area (Å²) in [7, 11) is 0. The van der Waals surface area contributed by atoms with E-state index in [-0.39, 0.29) is 30.9 Å². The summed E-state index contributed by atoms with van der Waals surface area (Å²) in [6.45, 7) is 5.01. The summed E-state index contributed by atoms with van der Waals surface area (Å²) in [5, 5.41) is 37.8. The third-order valence-electron chi connectivity index (χ3n) is 6.89. The maximum Gasteiger partial charge on any atom is 0.326 e. The first-order valence-corrected chi connectivity index (χ1v) is 13.8. The van der Waals surface area contributed by atoms with Crippen LogP contribution in [0.4, 0.5) is 0 Å². The fourth-order valence-electron chi connectivity index (χ4n) is 4.53. The van der Waals surface area contributed by atoms with Crippen molar-refractivity contribution >= 4 is 34.6 Å². The van der Waals surface area contributed by atoms with E-state index in [0.29, 0.717) is 5.56 Å². The molecule has 2 aromatic carbocycles. The summed E-state index contributed by atoms with van der Waals surface area (Å²) in [6, 6.07) is 8.56. The van der Waals surface area contributed by atoms with Gasteiger partial charge < -0.3 is 42.0 Å². The number of carboxylic acid groups (broad SMARTS) is 1. The molecular weight excluding hydrogens is 542 g/mol. The standard InChI is InChI=1S/C30H39N5O7/c1-16(2)12-25(30(41)42)35-27(38)23(13-18-8-10-20(37)11-9-18)33-28(39)24(34-29(40)26(31)17(3)36)14-19-15-32-22-7-5-4-6-21(19)22/h4-11,15-17,23-26,32,36-37H,12-14,31H2,1-3H3,(H,33,39)(H,34,40)(H,35,38)(H,41,42). The molecule has 1 heterocycles. The zero-order chi connectivity index (χ0) is 31.0. The Kier molecular flexibility index (Phi) is 11.1. The minimum atomic E-state index is -1.30. The van der Waals surface area contributed by atoms with Gasteiger partial charge >= 0.3 is 5.97 Å². The summed E-state index contributed by atoms with van der Waals surface area (Å²) in [4.78, 5) is 54.9. The second-order valence-corrected chi connectivity index (χ2v) is 10.9. The van der Waals surface area contributed by atoms with Crippen molar-refractivity contribution in [3.63, 3.8) is 0 Å². The van der Waals surface area contributed by atoms with Crippen molar-refractivity contribution in [2.75, 3.05) is 0 Å². The number of hydrogen-bond acceptors (Lipinski definition) is 7. The number of phenolic OH excluding ortho intramolecular Hbond substituents is 1. The Morgan fingerprint density at radius 1 is 0.833 bits per heavy atom. The number of aliphatic carboxylic acids is 1. The Morgan fingerprint density at radius 3 is 2.00 bits per heavy atom. The number of phenols is 1. The highest BCUT2D eigenvalue weighted by atomic mass is 16.4. The predicted octanol–water partition coefficient (Wildman–Crippen LogP) is 0.952. The van der Waals surface area contributed by atoms with Gasteiger partial charge in [0.05, 0.1) is 6.10 Å². The van der Waals surface area contributed by atoms with E-state index in [1.165, 1.54) is 19.1 Å². The molecule has 226 valence electrons. The number of nitrogens with two attached hydrogens (primary N) is 1. The summed E-state index contributed by atoms with van der Waals surface area (Å²) >= 11 is 0. The van der Waals surface area contributed by atoms with Gasteiger partial charge in [-0.1, -0.05) is 44.2 Å². The molecule has 12 heteroatoms. The van der Waals surface area contributed by atoms with Gasteiger partial charge in [0.2, 0.25) is 17.7 Å². The Balaban J connectivity index is 1.91. The highest BCUT2D eigenvalue weighted by Crippen LogP contribution is 2.20. The molecule has 3 amide bonds. The monoisotopic (exact) mass is 581 g/mol. The minimum absolute atomic E-state index is 0.0163. The smallest absolute Gasteiger partial charge is 0.326 e. The van der Waals surface area contributed by atoms with Crippen LogP contribution in [0, 0.1) is 5.92 Å². The second-order valence-electron chi connectivity index (χ2n) is 10.9. The molecule has 0 radical (unpaired) electrons. The van der Waals surface area contributed by atoms with E-state index in [1.807, 2.05) is 38.1 Å². The molecule has 0 aliphatic carbocycles. The lowest BCUT2D eigenvalue weighted by Gasteiger charge is -2.26. The molecule has 0 aliphatic rings. The molecule has 5 atom stereocenters. The van der Waals surface area contributed by atoms with Crippen molar-refractivity contribution in [1.82, 2.24) is 20.9 Å². The van der Waals surface area contributed by atoms with E-state index in [2.05, 4.69) is 20.9 Å². The number of aromatic hydroxyl groups is 1. The largest absolute Gasteiger partial charge is 0.508 e. The number of aromatic nitrogens is 1. The number of H-pyrrole nitrogens is 1. The average molecular weight is 582 g/mol. The number of nitrogens with one attached hydrogen (secondary N) is 4. The van der Waals surface area contributed by atoms with Crippen molar-refractivity contribution in [2.45, 2.75) is 70.3 Å². The molecule has 12 nitrogen and oxygen atoms in total. The van der Waals surface area contributed by atoms with Crippen molar-refractivity contribution < 1.29 is 34.5 Å². The van der Waals surface area contributed by atoms with Gasteiger partial charge in [-0.3, -0.25) is 14.4 Å². The molecule has 0 saturated heterocycles. The number of benzene rings is 2. The molecule has 0 bridgehead atoms. The van der Waals surface area contributed by atoms with Crippen LogP contribution in [0.25, 0.3) is 10.9 Å². The van der Waals surface area contributed by atoms with Gasteiger partial charge in [-0.05, 0) is 48.6 Å². The van der Waals surface area contributed by atoms with E-state index in [9.17, 15) is 34.5 Å².